The first-order chi connectivity index (χ1) is 10.6. The Bertz CT molecular complexity index is 766. The van der Waals surface area contributed by atoms with E-state index in [0.717, 1.165) is 11.0 Å². The Morgan fingerprint density at radius 2 is 1.95 bits per heavy atom. The summed E-state index contributed by atoms with van der Waals surface area (Å²) in [4.78, 5) is 19.5. The molecule has 112 valence electrons. The molecular weight excluding hydrogens is 302 g/mol. The van der Waals surface area contributed by atoms with Gasteiger partial charge < -0.3 is 9.72 Å². The van der Waals surface area contributed by atoms with E-state index in [4.69, 9.17) is 16.3 Å². The largest absolute Gasteiger partial charge is 0.481 e. The number of nitrogens with zero attached hydrogens (tertiary/aromatic N) is 1. The highest BCUT2D eigenvalue weighted by Gasteiger charge is 2.16. The van der Waals surface area contributed by atoms with E-state index >= 15 is 0 Å². The molecule has 6 heteroatoms. The molecule has 3 rings (SSSR count). The number of hydrogen-bond acceptors (Lipinski definition) is 3. The van der Waals surface area contributed by atoms with Crippen LogP contribution in [0.3, 0.4) is 0 Å². The molecule has 1 atom stereocenters. The van der Waals surface area contributed by atoms with E-state index in [0.29, 0.717) is 16.7 Å². The molecule has 0 saturated carbocycles. The highest BCUT2D eigenvalue weighted by atomic mass is 35.5. The van der Waals surface area contributed by atoms with E-state index < -0.39 is 6.10 Å². The predicted octanol–water partition coefficient (Wildman–Crippen LogP) is 3.62. The molecular formula is C16H14ClN3O2. The monoisotopic (exact) mass is 315 g/mol. The number of nitrogens with one attached hydrogen (secondary N) is 2. The lowest BCUT2D eigenvalue weighted by atomic mass is 10.3. The Balaban J connectivity index is 1.66. The molecule has 0 aliphatic heterocycles. The van der Waals surface area contributed by atoms with Gasteiger partial charge in [0, 0.05) is 5.02 Å². The van der Waals surface area contributed by atoms with Gasteiger partial charge in [-0.05, 0) is 43.3 Å². The maximum atomic E-state index is 12.1. The van der Waals surface area contributed by atoms with Crippen molar-refractivity contribution in [2.24, 2.45) is 0 Å². The van der Waals surface area contributed by atoms with Crippen molar-refractivity contribution >= 4 is 34.5 Å². The topological polar surface area (TPSA) is 67.0 Å². The van der Waals surface area contributed by atoms with Gasteiger partial charge in [-0.15, -0.1) is 0 Å². The summed E-state index contributed by atoms with van der Waals surface area (Å²) >= 11 is 5.81. The molecule has 0 bridgehead atoms. The van der Waals surface area contributed by atoms with E-state index in [1.807, 2.05) is 24.3 Å². The van der Waals surface area contributed by atoms with Gasteiger partial charge in [-0.25, -0.2) is 4.98 Å². The van der Waals surface area contributed by atoms with Crippen LogP contribution in [0.15, 0.2) is 48.5 Å². The van der Waals surface area contributed by atoms with Gasteiger partial charge in [0.15, 0.2) is 6.10 Å². The normalized spacial score (nSPS) is 12.1. The smallest absolute Gasteiger partial charge is 0.267 e. The fourth-order valence-electron chi connectivity index (χ4n) is 2.00. The second-order valence-corrected chi connectivity index (χ2v) is 5.24. The fourth-order valence-corrected chi connectivity index (χ4v) is 2.13. The Morgan fingerprint density at radius 1 is 1.23 bits per heavy atom. The quantitative estimate of drug-likeness (QED) is 0.772. The lowest BCUT2D eigenvalue weighted by Gasteiger charge is -2.13. The van der Waals surface area contributed by atoms with Gasteiger partial charge in [0.2, 0.25) is 5.95 Å². The summed E-state index contributed by atoms with van der Waals surface area (Å²) in [5.74, 6) is 0.698. The number of aromatic nitrogens is 2. The molecule has 1 heterocycles. The molecule has 2 aromatic carbocycles. The lowest BCUT2D eigenvalue weighted by molar-refractivity contribution is -0.122. The first kappa shape index (κ1) is 14.4. The van der Waals surface area contributed by atoms with E-state index in [-0.39, 0.29) is 5.91 Å². The second kappa shape index (κ2) is 6.07. The lowest BCUT2D eigenvalue weighted by Crippen LogP contribution is -2.30. The second-order valence-electron chi connectivity index (χ2n) is 4.81. The minimum atomic E-state index is -0.658. The summed E-state index contributed by atoms with van der Waals surface area (Å²) in [6.45, 7) is 1.67. The standard InChI is InChI=1S/C16H14ClN3O2/c1-10(22-12-8-6-11(17)7-9-12)15(21)20-16-18-13-4-2-3-5-14(13)19-16/h2-10H,1H3,(H2,18,19,20,21)/t10-/m1/s1. The summed E-state index contributed by atoms with van der Waals surface area (Å²) in [5.41, 5.74) is 1.66. The van der Waals surface area contributed by atoms with Crippen molar-refractivity contribution in [1.29, 1.82) is 0 Å². The number of halogens is 1. The molecule has 0 saturated heterocycles. The van der Waals surface area contributed by atoms with Crippen molar-refractivity contribution in [2.75, 3.05) is 5.32 Å². The molecule has 22 heavy (non-hydrogen) atoms. The third-order valence-electron chi connectivity index (χ3n) is 3.13. The van der Waals surface area contributed by atoms with Gasteiger partial charge in [0.25, 0.3) is 5.91 Å². The summed E-state index contributed by atoms with van der Waals surface area (Å²) < 4.78 is 5.57. The Labute approximate surface area is 132 Å². The van der Waals surface area contributed by atoms with Gasteiger partial charge in [-0.3, -0.25) is 10.1 Å². The zero-order valence-corrected chi connectivity index (χ0v) is 12.6. The zero-order chi connectivity index (χ0) is 15.5. The maximum absolute atomic E-state index is 12.1. The summed E-state index contributed by atoms with van der Waals surface area (Å²) in [5, 5.41) is 3.32. The SMILES string of the molecule is C[C@@H](Oc1ccc(Cl)cc1)C(=O)Nc1nc2ccccc2[nH]1. The van der Waals surface area contributed by atoms with Crippen molar-refractivity contribution in [1.82, 2.24) is 9.97 Å². The van der Waals surface area contributed by atoms with Crippen LogP contribution >= 0.6 is 11.6 Å². The number of para-hydroxylation sites is 2. The molecule has 0 radical (unpaired) electrons. The summed E-state index contributed by atoms with van der Waals surface area (Å²) in [6.07, 6.45) is -0.658. The molecule has 0 unspecified atom stereocenters. The van der Waals surface area contributed by atoms with Gasteiger partial charge in [0.1, 0.15) is 5.75 Å². The number of hydrogen-bond donors (Lipinski definition) is 2. The van der Waals surface area contributed by atoms with Crippen LogP contribution in [0, 0.1) is 0 Å². The van der Waals surface area contributed by atoms with Crippen LogP contribution in [-0.2, 0) is 4.79 Å². The highest BCUT2D eigenvalue weighted by Crippen LogP contribution is 2.18. The Hall–Kier alpha value is -2.53. The van der Waals surface area contributed by atoms with Crippen molar-refractivity contribution < 1.29 is 9.53 Å². The van der Waals surface area contributed by atoms with Gasteiger partial charge in [-0.2, -0.15) is 0 Å². The zero-order valence-electron chi connectivity index (χ0n) is 11.8. The molecule has 0 spiro atoms. The number of ether oxygens (including phenoxy) is 1. The van der Waals surface area contributed by atoms with E-state index in [9.17, 15) is 4.79 Å². The molecule has 3 aromatic rings. The van der Waals surface area contributed by atoms with Crippen LogP contribution in [-0.4, -0.2) is 22.0 Å². The molecule has 0 aliphatic rings. The number of H-pyrrole nitrogens is 1. The van der Waals surface area contributed by atoms with Crippen LogP contribution in [0.1, 0.15) is 6.92 Å². The van der Waals surface area contributed by atoms with Crippen molar-refractivity contribution in [2.45, 2.75) is 13.0 Å². The van der Waals surface area contributed by atoms with Crippen molar-refractivity contribution in [3.05, 3.63) is 53.6 Å². The number of fused-ring (bicyclic) bond motifs is 1. The van der Waals surface area contributed by atoms with E-state index in [1.54, 1.807) is 31.2 Å². The van der Waals surface area contributed by atoms with E-state index in [1.165, 1.54) is 0 Å². The van der Waals surface area contributed by atoms with Gasteiger partial charge in [0.05, 0.1) is 11.0 Å². The number of amides is 1. The van der Waals surface area contributed by atoms with Crippen LogP contribution in [0.5, 0.6) is 5.75 Å². The van der Waals surface area contributed by atoms with Crippen LogP contribution < -0.4 is 10.1 Å². The average molecular weight is 316 g/mol. The third-order valence-corrected chi connectivity index (χ3v) is 3.38. The maximum Gasteiger partial charge on any atom is 0.267 e. The number of imidazole rings is 1. The summed E-state index contributed by atoms with van der Waals surface area (Å²) in [6, 6.07) is 14.4. The fraction of sp³-hybridized carbons (Fsp3) is 0.125. The van der Waals surface area contributed by atoms with Crippen LogP contribution in [0.2, 0.25) is 5.02 Å². The predicted molar refractivity (Wildman–Crippen MR) is 86.3 cm³/mol. The van der Waals surface area contributed by atoms with Gasteiger partial charge in [-0.1, -0.05) is 23.7 Å². The highest BCUT2D eigenvalue weighted by molar-refractivity contribution is 6.30. The Kier molecular flexibility index (Phi) is 3.98. The third kappa shape index (κ3) is 3.20. The molecule has 2 N–H and O–H groups in total. The average Bonchev–Trinajstić information content (AvgIpc) is 2.91. The van der Waals surface area contributed by atoms with E-state index in [2.05, 4.69) is 15.3 Å². The number of anilines is 1. The number of aromatic amines is 1. The number of carbonyl (C=O) groups excluding carboxylic acids is 1. The minimum Gasteiger partial charge on any atom is -0.481 e. The Morgan fingerprint density at radius 3 is 2.68 bits per heavy atom. The molecule has 1 aromatic heterocycles. The minimum absolute atomic E-state index is 0.283. The van der Waals surface area contributed by atoms with Crippen molar-refractivity contribution in [3.8, 4) is 5.75 Å². The van der Waals surface area contributed by atoms with Crippen LogP contribution in [0.4, 0.5) is 5.95 Å². The molecule has 0 aliphatic carbocycles. The van der Waals surface area contributed by atoms with Crippen molar-refractivity contribution in [3.63, 3.8) is 0 Å². The number of rotatable bonds is 4. The first-order valence-electron chi connectivity index (χ1n) is 6.79. The van der Waals surface area contributed by atoms with Crippen LogP contribution in [0.25, 0.3) is 11.0 Å². The summed E-state index contributed by atoms with van der Waals surface area (Å²) in [7, 11) is 0. The molecule has 0 fully saturated rings. The van der Waals surface area contributed by atoms with Gasteiger partial charge >= 0.3 is 0 Å². The first-order valence-corrected chi connectivity index (χ1v) is 7.17. The number of benzene rings is 2. The number of carbonyl (C=O) groups is 1. The molecule has 1 amide bonds. The molecule has 5 nitrogen and oxygen atoms in total.